The van der Waals surface area contributed by atoms with Gasteiger partial charge in [-0.2, -0.15) is 0 Å². The second kappa shape index (κ2) is 5.48. The third-order valence-electron chi connectivity index (χ3n) is 2.29. The van der Waals surface area contributed by atoms with Crippen LogP contribution in [-0.4, -0.2) is 16.1 Å². The molecule has 2 heterocycles. The monoisotopic (exact) mass is 220 g/mol. The topological polar surface area (TPSA) is 69.0 Å². The predicted octanol–water partition coefficient (Wildman–Crippen LogP) is 0.725. The Kier molecular flexibility index (Phi) is 3.74. The summed E-state index contributed by atoms with van der Waals surface area (Å²) in [6, 6.07) is 1.94. The van der Waals surface area contributed by atoms with E-state index in [1.807, 2.05) is 23.2 Å². The minimum atomic E-state index is 0.637. The highest BCUT2D eigenvalue weighted by atomic mass is 16.3. The first-order valence-corrected chi connectivity index (χ1v) is 5.31. The van der Waals surface area contributed by atoms with E-state index in [4.69, 9.17) is 10.2 Å². The molecule has 0 fully saturated rings. The van der Waals surface area contributed by atoms with Crippen LogP contribution in [-0.2, 0) is 19.6 Å². The molecule has 0 spiro atoms. The van der Waals surface area contributed by atoms with Gasteiger partial charge in [0.1, 0.15) is 0 Å². The lowest BCUT2D eigenvalue weighted by Gasteiger charge is -1.99. The molecule has 0 saturated carbocycles. The number of nitrogens with zero attached hydrogens (tertiary/aromatic N) is 2. The molecular formula is C11H16N4O. The van der Waals surface area contributed by atoms with E-state index in [0.29, 0.717) is 6.54 Å². The lowest BCUT2D eigenvalue weighted by Crippen LogP contribution is -2.12. The molecule has 0 unspecified atom stereocenters. The summed E-state index contributed by atoms with van der Waals surface area (Å²) in [5, 5.41) is 3.29. The van der Waals surface area contributed by atoms with Crippen LogP contribution in [0.25, 0.3) is 0 Å². The van der Waals surface area contributed by atoms with E-state index in [-0.39, 0.29) is 0 Å². The second-order valence-corrected chi connectivity index (χ2v) is 3.63. The standard InChI is InChI=1S/C11H16N4O/c12-2-3-15-7-11(14-9-15)6-13-5-10-1-4-16-8-10/h1,4,7-9,13H,2-3,5-6,12H2. The molecule has 2 aromatic heterocycles. The van der Waals surface area contributed by atoms with Crippen molar-refractivity contribution in [2.24, 2.45) is 5.73 Å². The van der Waals surface area contributed by atoms with E-state index < -0.39 is 0 Å². The summed E-state index contributed by atoms with van der Waals surface area (Å²) in [5.41, 5.74) is 7.62. The molecule has 0 aromatic carbocycles. The van der Waals surface area contributed by atoms with Gasteiger partial charge in [0.15, 0.2) is 0 Å². The minimum absolute atomic E-state index is 0.637. The van der Waals surface area contributed by atoms with Crippen molar-refractivity contribution >= 4 is 0 Å². The Balaban J connectivity index is 1.76. The van der Waals surface area contributed by atoms with Gasteiger partial charge in [0.2, 0.25) is 0 Å². The zero-order valence-electron chi connectivity index (χ0n) is 9.10. The van der Waals surface area contributed by atoms with E-state index in [1.54, 1.807) is 12.5 Å². The summed E-state index contributed by atoms with van der Waals surface area (Å²) in [6.07, 6.45) is 7.23. The molecule has 0 radical (unpaired) electrons. The minimum Gasteiger partial charge on any atom is -0.472 e. The maximum Gasteiger partial charge on any atom is 0.0950 e. The highest BCUT2D eigenvalue weighted by molar-refractivity contribution is 5.05. The van der Waals surface area contributed by atoms with Gasteiger partial charge < -0.3 is 20.0 Å². The SMILES string of the molecule is NCCn1cnc(CNCc2ccoc2)c1. The number of rotatable bonds is 6. The normalized spacial score (nSPS) is 10.8. The van der Waals surface area contributed by atoms with E-state index in [9.17, 15) is 0 Å². The highest BCUT2D eigenvalue weighted by Crippen LogP contribution is 2.00. The fourth-order valence-corrected chi connectivity index (χ4v) is 1.50. The molecule has 5 nitrogen and oxygen atoms in total. The Labute approximate surface area is 94.3 Å². The van der Waals surface area contributed by atoms with Gasteiger partial charge in [-0.25, -0.2) is 4.98 Å². The Morgan fingerprint density at radius 2 is 2.38 bits per heavy atom. The quantitative estimate of drug-likeness (QED) is 0.752. The van der Waals surface area contributed by atoms with E-state index >= 15 is 0 Å². The van der Waals surface area contributed by atoms with Crippen LogP contribution in [0.1, 0.15) is 11.3 Å². The number of imidazole rings is 1. The van der Waals surface area contributed by atoms with Gasteiger partial charge in [0.25, 0.3) is 0 Å². The van der Waals surface area contributed by atoms with Gasteiger partial charge in [-0.05, 0) is 6.07 Å². The van der Waals surface area contributed by atoms with Crippen LogP contribution in [0, 0.1) is 0 Å². The van der Waals surface area contributed by atoms with Crippen molar-refractivity contribution in [3.8, 4) is 0 Å². The Hall–Kier alpha value is -1.59. The predicted molar refractivity (Wildman–Crippen MR) is 60.5 cm³/mol. The lowest BCUT2D eigenvalue weighted by atomic mass is 10.3. The number of furan rings is 1. The molecule has 0 aliphatic rings. The van der Waals surface area contributed by atoms with Crippen LogP contribution in [0.4, 0.5) is 0 Å². The van der Waals surface area contributed by atoms with Gasteiger partial charge in [-0.3, -0.25) is 0 Å². The summed E-state index contributed by atoms with van der Waals surface area (Å²) in [5.74, 6) is 0. The Morgan fingerprint density at radius 3 is 3.12 bits per heavy atom. The fraction of sp³-hybridized carbons (Fsp3) is 0.364. The van der Waals surface area contributed by atoms with Crippen molar-refractivity contribution in [1.29, 1.82) is 0 Å². The first-order valence-electron chi connectivity index (χ1n) is 5.31. The molecule has 3 N–H and O–H groups in total. The van der Waals surface area contributed by atoms with Crippen molar-refractivity contribution in [1.82, 2.24) is 14.9 Å². The maximum atomic E-state index is 5.46. The van der Waals surface area contributed by atoms with Gasteiger partial charge in [-0.15, -0.1) is 0 Å². The number of hydrogen-bond acceptors (Lipinski definition) is 4. The molecule has 2 rings (SSSR count). The summed E-state index contributed by atoms with van der Waals surface area (Å²) in [7, 11) is 0. The first kappa shape index (κ1) is 10.9. The molecule has 86 valence electrons. The fourth-order valence-electron chi connectivity index (χ4n) is 1.50. The zero-order chi connectivity index (χ0) is 11.2. The molecule has 5 heteroatoms. The average molecular weight is 220 g/mol. The third-order valence-corrected chi connectivity index (χ3v) is 2.29. The molecular weight excluding hydrogens is 204 g/mol. The van der Waals surface area contributed by atoms with Crippen molar-refractivity contribution in [2.75, 3.05) is 6.54 Å². The van der Waals surface area contributed by atoms with Crippen molar-refractivity contribution < 1.29 is 4.42 Å². The molecule has 16 heavy (non-hydrogen) atoms. The number of nitrogens with one attached hydrogen (secondary N) is 1. The van der Waals surface area contributed by atoms with Crippen molar-refractivity contribution in [3.63, 3.8) is 0 Å². The second-order valence-electron chi connectivity index (χ2n) is 3.63. The number of aromatic nitrogens is 2. The molecule has 0 aliphatic carbocycles. The summed E-state index contributed by atoms with van der Waals surface area (Å²) in [6.45, 7) is 3.00. The van der Waals surface area contributed by atoms with Crippen LogP contribution < -0.4 is 11.1 Å². The highest BCUT2D eigenvalue weighted by Gasteiger charge is 1.98. The largest absolute Gasteiger partial charge is 0.472 e. The third kappa shape index (κ3) is 2.95. The molecule has 0 amide bonds. The molecule has 0 saturated heterocycles. The van der Waals surface area contributed by atoms with Crippen molar-refractivity contribution in [2.45, 2.75) is 19.6 Å². The van der Waals surface area contributed by atoms with Crippen LogP contribution in [0.2, 0.25) is 0 Å². The summed E-state index contributed by atoms with van der Waals surface area (Å²) >= 11 is 0. The molecule has 2 aromatic rings. The molecule has 0 aliphatic heterocycles. The van der Waals surface area contributed by atoms with Gasteiger partial charge in [0, 0.05) is 37.9 Å². The average Bonchev–Trinajstić information content (AvgIpc) is 2.90. The molecule has 0 atom stereocenters. The number of hydrogen-bond donors (Lipinski definition) is 2. The smallest absolute Gasteiger partial charge is 0.0950 e. The zero-order valence-corrected chi connectivity index (χ0v) is 9.10. The Morgan fingerprint density at radius 1 is 1.44 bits per heavy atom. The first-order chi connectivity index (χ1) is 7.88. The van der Waals surface area contributed by atoms with Crippen LogP contribution in [0.15, 0.2) is 35.5 Å². The Bertz CT molecular complexity index is 407. The summed E-state index contributed by atoms with van der Waals surface area (Å²) < 4.78 is 6.97. The van der Waals surface area contributed by atoms with E-state index in [1.165, 1.54) is 0 Å². The van der Waals surface area contributed by atoms with Gasteiger partial charge >= 0.3 is 0 Å². The maximum absolute atomic E-state index is 5.46. The molecule has 0 bridgehead atoms. The van der Waals surface area contributed by atoms with Gasteiger partial charge in [0.05, 0.1) is 24.5 Å². The van der Waals surface area contributed by atoms with Crippen LogP contribution in [0.5, 0.6) is 0 Å². The van der Waals surface area contributed by atoms with E-state index in [0.717, 1.165) is 30.9 Å². The number of nitrogens with two attached hydrogens (primary N) is 1. The van der Waals surface area contributed by atoms with Crippen LogP contribution in [0.3, 0.4) is 0 Å². The van der Waals surface area contributed by atoms with Crippen LogP contribution >= 0.6 is 0 Å². The van der Waals surface area contributed by atoms with E-state index in [2.05, 4.69) is 10.3 Å². The van der Waals surface area contributed by atoms with Gasteiger partial charge in [-0.1, -0.05) is 0 Å². The summed E-state index contributed by atoms with van der Waals surface area (Å²) in [4.78, 5) is 4.28. The lowest BCUT2D eigenvalue weighted by molar-refractivity contribution is 0.560. The van der Waals surface area contributed by atoms with Crippen molar-refractivity contribution in [3.05, 3.63) is 42.4 Å².